The van der Waals surface area contributed by atoms with Gasteiger partial charge in [0.1, 0.15) is 5.78 Å². The number of piperidine rings is 3. The van der Waals surface area contributed by atoms with E-state index in [1.165, 1.54) is 66.8 Å². The van der Waals surface area contributed by atoms with E-state index < -0.39 is 0 Å². The number of aliphatic hydroxyl groups excluding tert-OH is 2. The van der Waals surface area contributed by atoms with Crippen molar-refractivity contribution in [1.82, 2.24) is 14.7 Å². The molecule has 0 spiro atoms. The minimum Gasteiger partial charge on any atom is -1.00 e. The smallest absolute Gasteiger partial charge is 1.00 e. The number of ketones is 1. The quantitative estimate of drug-likeness (QED) is 0.246. The van der Waals surface area contributed by atoms with E-state index in [0.29, 0.717) is 59.9 Å². The Morgan fingerprint density at radius 1 is 0.523 bits per heavy atom. The largest absolute Gasteiger partial charge is 1.00 e. The normalized spacial score (nSPS) is 27.3. The first kappa shape index (κ1) is 54.1. The number of hydrogen-bond acceptors (Lipinski definition) is 6. The van der Waals surface area contributed by atoms with Gasteiger partial charge >= 0.3 is 29.6 Å². The third-order valence-electron chi connectivity index (χ3n) is 16.2. The molecule has 0 amide bonds. The van der Waals surface area contributed by atoms with Crippen molar-refractivity contribution in [3.8, 4) is 0 Å². The van der Waals surface area contributed by atoms with Crippen LogP contribution >= 0.6 is 0 Å². The second-order valence-electron chi connectivity index (χ2n) is 22.6. The maximum Gasteiger partial charge on any atom is 1.00 e. The standard InChI is InChI=1S/2C19H29NO.C19H27NO.B.Na.H/c3*1-12(2)7-16-11-20-6-5-15-8-13(3)14(4)9-17(15)18(20)10-19(16)21;;;/h2*8-9,12,16,18-19,21H,5-7,10-11H2,1-4H3;8-9,12,16,18H,5-7,10-11H2,1-4H3;;;/q;;;;+1;-1/t16-,18-,19+;16-,18-,19-;16-,18-;;;/m111.../s1. The average Bonchev–Trinajstić information content (AvgIpc) is 3.21. The summed E-state index contributed by atoms with van der Waals surface area (Å²) in [6, 6.07) is 15.4. The molecule has 9 rings (SSSR count). The Morgan fingerprint density at radius 3 is 1.20 bits per heavy atom. The molecule has 2 N–H and O–H groups in total. The van der Waals surface area contributed by atoms with Crippen LogP contribution in [0.3, 0.4) is 0 Å². The second-order valence-corrected chi connectivity index (χ2v) is 22.6. The van der Waals surface area contributed by atoms with Gasteiger partial charge in [0.15, 0.2) is 0 Å². The van der Waals surface area contributed by atoms with E-state index >= 15 is 0 Å². The molecule has 3 fully saturated rings. The van der Waals surface area contributed by atoms with Gasteiger partial charge in [0.2, 0.25) is 0 Å². The summed E-state index contributed by atoms with van der Waals surface area (Å²) in [4.78, 5) is 20.3. The molecule has 6 heterocycles. The van der Waals surface area contributed by atoms with E-state index in [9.17, 15) is 15.0 Å². The number of aliphatic hydroxyl groups is 2. The van der Waals surface area contributed by atoms with E-state index in [1.54, 1.807) is 0 Å². The van der Waals surface area contributed by atoms with Crippen molar-refractivity contribution in [2.24, 2.45) is 35.5 Å². The molecule has 0 saturated carbocycles. The number of nitrogens with zero attached hydrogens (tertiary/aromatic N) is 3. The van der Waals surface area contributed by atoms with Crippen molar-refractivity contribution in [1.29, 1.82) is 0 Å². The van der Waals surface area contributed by atoms with Gasteiger partial charge in [-0.05, 0) is 189 Å². The molecule has 8 heteroatoms. The molecular weight excluding hydrogens is 808 g/mol. The van der Waals surface area contributed by atoms with Gasteiger partial charge < -0.3 is 11.6 Å². The molecule has 3 aromatic rings. The van der Waals surface area contributed by atoms with Crippen molar-refractivity contribution in [2.75, 3.05) is 39.3 Å². The monoisotopic (exact) mass is 895 g/mol. The molecule has 0 aromatic heterocycles. The van der Waals surface area contributed by atoms with Gasteiger partial charge in [-0.25, -0.2) is 0 Å². The van der Waals surface area contributed by atoms with Crippen LogP contribution in [0, 0.1) is 77.0 Å². The summed E-state index contributed by atoms with van der Waals surface area (Å²) in [5.41, 5.74) is 17.2. The van der Waals surface area contributed by atoms with Crippen molar-refractivity contribution < 1.29 is 46.0 Å². The maximum absolute atomic E-state index is 12.5. The van der Waals surface area contributed by atoms with E-state index in [4.69, 9.17) is 0 Å². The first-order valence-corrected chi connectivity index (χ1v) is 25.3. The number of fused-ring (bicyclic) bond motifs is 9. The summed E-state index contributed by atoms with van der Waals surface area (Å²) in [5, 5.41) is 21.2. The van der Waals surface area contributed by atoms with Gasteiger partial charge in [0, 0.05) is 78.1 Å². The molecule has 8 atom stereocenters. The van der Waals surface area contributed by atoms with Crippen molar-refractivity contribution in [2.45, 2.75) is 171 Å². The first-order valence-electron chi connectivity index (χ1n) is 25.3. The zero-order chi connectivity index (χ0) is 45.4. The molecule has 3 saturated heterocycles. The predicted molar refractivity (Wildman–Crippen MR) is 268 cm³/mol. The SMILES string of the molecule is Cc1cc2c(cc1C)[C@H]1CC(=O)[C@H](CC(C)C)CN1CC2.Cc1cc2c(cc1C)[C@H]1C[C@@H](O)[C@H](CC(C)C)CN1CC2.Cc1cc2c(cc1C)[C@H]1C[C@H](O)[C@H](CC(C)C)CN1CC2.[B].[H-].[Na+]. The Hall–Kier alpha value is -1.81. The predicted octanol–water partition coefficient (Wildman–Crippen LogP) is 7.83. The van der Waals surface area contributed by atoms with Crippen LogP contribution in [0.5, 0.6) is 0 Å². The van der Waals surface area contributed by atoms with Crippen LogP contribution in [0.25, 0.3) is 0 Å². The number of Topliss-reactive ketones (excluding diaryl/α,β-unsaturated/α-hetero) is 1. The zero-order valence-electron chi connectivity index (χ0n) is 44.1. The van der Waals surface area contributed by atoms with Gasteiger partial charge in [-0.1, -0.05) is 77.9 Å². The number of benzene rings is 3. The molecule has 0 bridgehead atoms. The van der Waals surface area contributed by atoms with Crippen molar-refractivity contribution in [3.63, 3.8) is 0 Å². The minimum absolute atomic E-state index is 0. The number of carbonyl (C=O) groups excluding carboxylic acids is 1. The molecule has 6 nitrogen and oxygen atoms in total. The molecule has 0 aliphatic carbocycles. The molecule has 3 radical (unpaired) electrons. The van der Waals surface area contributed by atoms with E-state index in [2.05, 4.69) is 134 Å². The van der Waals surface area contributed by atoms with Crippen LogP contribution < -0.4 is 29.6 Å². The van der Waals surface area contributed by atoms with Crippen LogP contribution in [-0.4, -0.2) is 90.6 Å². The Labute approximate surface area is 421 Å². The van der Waals surface area contributed by atoms with E-state index in [1.807, 2.05) is 0 Å². The van der Waals surface area contributed by atoms with Gasteiger partial charge in [0.25, 0.3) is 0 Å². The minimum atomic E-state index is -0.138. The van der Waals surface area contributed by atoms with Crippen molar-refractivity contribution in [3.05, 3.63) is 103 Å². The molecule has 0 unspecified atom stereocenters. The summed E-state index contributed by atoms with van der Waals surface area (Å²) in [7, 11) is 0. The number of carbonyl (C=O) groups is 1. The zero-order valence-corrected chi connectivity index (χ0v) is 45.1. The fourth-order valence-corrected chi connectivity index (χ4v) is 12.5. The molecule has 3 aromatic carbocycles. The fraction of sp³-hybridized carbons (Fsp3) is 0.667. The molecule has 6 aliphatic rings. The summed E-state index contributed by atoms with van der Waals surface area (Å²) in [6.07, 6.45) is 9.05. The third-order valence-corrected chi connectivity index (χ3v) is 16.2. The molecular formula is C57H86BN3NaO3. The van der Waals surface area contributed by atoms with E-state index in [0.717, 1.165) is 90.6 Å². The van der Waals surface area contributed by atoms with Gasteiger partial charge in [-0.2, -0.15) is 0 Å². The molecule has 65 heavy (non-hydrogen) atoms. The maximum atomic E-state index is 12.5. The fourth-order valence-electron chi connectivity index (χ4n) is 12.5. The molecule has 351 valence electrons. The van der Waals surface area contributed by atoms with Crippen molar-refractivity contribution >= 4 is 14.2 Å². The number of hydrogen-bond donors (Lipinski definition) is 2. The number of aryl methyl sites for hydroxylation is 6. The molecule has 6 aliphatic heterocycles. The summed E-state index contributed by atoms with van der Waals surface area (Å²) >= 11 is 0. The Morgan fingerprint density at radius 2 is 0.846 bits per heavy atom. The van der Waals surface area contributed by atoms with Crippen LogP contribution in [0.15, 0.2) is 36.4 Å². The van der Waals surface area contributed by atoms with Gasteiger partial charge in [-0.3, -0.25) is 19.5 Å². The first-order chi connectivity index (χ1) is 29.9. The summed E-state index contributed by atoms with van der Waals surface area (Å²) < 4.78 is 0. The van der Waals surface area contributed by atoms with E-state index in [-0.39, 0.29) is 57.5 Å². The van der Waals surface area contributed by atoms with Gasteiger partial charge in [-0.15, -0.1) is 0 Å². The van der Waals surface area contributed by atoms with Gasteiger partial charge in [0.05, 0.1) is 12.2 Å². The topological polar surface area (TPSA) is 67.2 Å². The Kier molecular flexibility index (Phi) is 19.3. The van der Waals surface area contributed by atoms with Crippen LogP contribution in [-0.2, 0) is 24.1 Å². The number of rotatable bonds is 6. The van der Waals surface area contributed by atoms with Crippen LogP contribution in [0.4, 0.5) is 0 Å². The van der Waals surface area contributed by atoms with Crippen LogP contribution in [0.1, 0.15) is 166 Å². The summed E-state index contributed by atoms with van der Waals surface area (Å²) in [5.74, 6) is 3.60. The van der Waals surface area contributed by atoms with Crippen LogP contribution in [0.2, 0.25) is 0 Å². The summed E-state index contributed by atoms with van der Waals surface area (Å²) in [6.45, 7) is 33.2. The average molecular weight is 895 g/mol. The Balaban J connectivity index is 0.000000212. The Bertz CT molecular complexity index is 2000. The second kappa shape index (κ2) is 23.2. The third kappa shape index (κ3) is 12.7.